The van der Waals surface area contributed by atoms with E-state index in [-0.39, 0.29) is 10.8 Å². The maximum absolute atomic E-state index is 12.5. The Morgan fingerprint density at radius 1 is 1.48 bits per heavy atom. The fraction of sp³-hybridized carbons (Fsp3) is 0.333. The second-order valence-electron chi connectivity index (χ2n) is 4.53. The second kappa shape index (κ2) is 6.75. The predicted molar refractivity (Wildman–Crippen MR) is 79.2 cm³/mol. The molecule has 1 N–H and O–H groups in total. The summed E-state index contributed by atoms with van der Waals surface area (Å²) in [7, 11) is 1.72. The number of carbonyl (C=O) groups excluding carboxylic acids is 1. The van der Waals surface area contributed by atoms with Crippen LogP contribution in [-0.4, -0.2) is 30.9 Å². The number of aromatic nitrogens is 4. The van der Waals surface area contributed by atoms with E-state index < -0.39 is 22.9 Å². The summed E-state index contributed by atoms with van der Waals surface area (Å²) in [4.78, 5) is 15.6. The highest BCUT2D eigenvalue weighted by atomic mass is 35.5. The molecule has 0 aliphatic carbocycles. The molecule has 0 radical (unpaired) electrons. The molecular formula is C12H11ClF3N5OS. The topological polar surface area (TPSA) is 72.7 Å². The van der Waals surface area contributed by atoms with E-state index in [1.165, 1.54) is 6.33 Å². The van der Waals surface area contributed by atoms with Crippen molar-refractivity contribution in [3.63, 3.8) is 0 Å². The van der Waals surface area contributed by atoms with Crippen molar-refractivity contribution in [1.29, 1.82) is 0 Å². The Hall–Kier alpha value is -1.81. The van der Waals surface area contributed by atoms with Gasteiger partial charge in [0.25, 0.3) is 0 Å². The van der Waals surface area contributed by atoms with Gasteiger partial charge in [-0.15, -0.1) is 10.2 Å². The van der Waals surface area contributed by atoms with Crippen LogP contribution in [0.4, 0.5) is 19.0 Å². The molecule has 1 unspecified atom stereocenters. The van der Waals surface area contributed by atoms with Crippen molar-refractivity contribution in [1.82, 2.24) is 19.7 Å². The minimum atomic E-state index is -4.55. The van der Waals surface area contributed by atoms with Gasteiger partial charge in [0.05, 0.1) is 15.8 Å². The summed E-state index contributed by atoms with van der Waals surface area (Å²) in [6.45, 7) is 1.62. The molecule has 2 heterocycles. The lowest BCUT2D eigenvalue weighted by Gasteiger charge is -2.13. The highest BCUT2D eigenvalue weighted by molar-refractivity contribution is 8.00. The van der Waals surface area contributed by atoms with Crippen LogP contribution in [0.15, 0.2) is 23.7 Å². The predicted octanol–water partition coefficient (Wildman–Crippen LogP) is 3.00. The van der Waals surface area contributed by atoms with E-state index >= 15 is 0 Å². The number of halogens is 4. The van der Waals surface area contributed by atoms with Crippen molar-refractivity contribution in [2.24, 2.45) is 7.05 Å². The average Bonchev–Trinajstić information content (AvgIpc) is 2.85. The minimum absolute atomic E-state index is 0.130. The van der Waals surface area contributed by atoms with E-state index in [0.717, 1.165) is 11.8 Å². The van der Waals surface area contributed by atoms with Crippen molar-refractivity contribution < 1.29 is 18.0 Å². The van der Waals surface area contributed by atoms with Gasteiger partial charge in [0.15, 0.2) is 11.0 Å². The van der Waals surface area contributed by atoms with Crippen LogP contribution in [0.5, 0.6) is 0 Å². The number of carbonyl (C=O) groups is 1. The number of rotatable bonds is 4. The second-order valence-corrected chi connectivity index (χ2v) is 6.24. The summed E-state index contributed by atoms with van der Waals surface area (Å²) in [6.07, 6.45) is -2.45. The van der Waals surface area contributed by atoms with Crippen LogP contribution in [0.25, 0.3) is 0 Å². The number of thioether (sulfide) groups is 1. The van der Waals surface area contributed by atoms with E-state index in [9.17, 15) is 18.0 Å². The molecule has 1 atom stereocenters. The highest BCUT2D eigenvalue weighted by Gasteiger charge is 2.31. The molecule has 0 fully saturated rings. The first-order chi connectivity index (χ1) is 10.7. The quantitative estimate of drug-likeness (QED) is 0.843. The third-order valence-electron chi connectivity index (χ3n) is 2.73. The first kappa shape index (κ1) is 17.5. The number of aryl methyl sites for hydroxylation is 1. The van der Waals surface area contributed by atoms with Gasteiger partial charge < -0.3 is 9.88 Å². The molecule has 23 heavy (non-hydrogen) atoms. The lowest BCUT2D eigenvalue weighted by Crippen LogP contribution is -2.23. The number of amides is 1. The fourth-order valence-corrected chi connectivity index (χ4v) is 2.50. The number of pyridine rings is 1. The van der Waals surface area contributed by atoms with E-state index in [2.05, 4.69) is 20.5 Å². The standard InChI is InChI=1S/C12H11ClF3N5OS/c1-6(23-11-20-18-5-21(11)2)10(22)19-9-8(13)3-7(4-17-9)12(14,15)16/h3-6H,1-2H3,(H,17,19,22). The Morgan fingerprint density at radius 3 is 2.70 bits per heavy atom. The molecule has 2 aromatic rings. The maximum atomic E-state index is 12.5. The van der Waals surface area contributed by atoms with Crippen LogP contribution in [0.2, 0.25) is 5.02 Å². The van der Waals surface area contributed by atoms with E-state index in [4.69, 9.17) is 11.6 Å². The molecule has 2 rings (SSSR count). The SMILES string of the molecule is CC(Sc1nncn1C)C(=O)Nc1ncc(C(F)(F)F)cc1Cl. The fourth-order valence-electron chi connectivity index (χ4n) is 1.49. The number of hydrogen-bond acceptors (Lipinski definition) is 5. The zero-order valence-corrected chi connectivity index (χ0v) is 13.5. The molecule has 124 valence electrons. The van der Waals surface area contributed by atoms with Gasteiger partial charge in [0.1, 0.15) is 6.33 Å². The van der Waals surface area contributed by atoms with E-state index in [1.807, 2.05) is 0 Å². The Morgan fingerprint density at radius 2 is 2.17 bits per heavy atom. The summed E-state index contributed by atoms with van der Waals surface area (Å²) in [6, 6.07) is 0.713. The van der Waals surface area contributed by atoms with Gasteiger partial charge in [-0.25, -0.2) is 4.98 Å². The molecule has 0 aliphatic rings. The summed E-state index contributed by atoms with van der Waals surface area (Å²) in [5.41, 5.74) is -0.984. The zero-order chi connectivity index (χ0) is 17.2. The molecule has 1 amide bonds. The molecule has 0 saturated carbocycles. The van der Waals surface area contributed by atoms with Crippen LogP contribution in [0, 0.1) is 0 Å². The van der Waals surface area contributed by atoms with Crippen LogP contribution < -0.4 is 5.32 Å². The van der Waals surface area contributed by atoms with E-state index in [1.54, 1.807) is 18.5 Å². The molecule has 11 heteroatoms. The van der Waals surface area contributed by atoms with Crippen LogP contribution in [0.3, 0.4) is 0 Å². The molecule has 0 aliphatic heterocycles. The van der Waals surface area contributed by atoms with Crippen molar-refractivity contribution in [3.8, 4) is 0 Å². The Labute approximate surface area is 138 Å². The van der Waals surface area contributed by atoms with E-state index in [0.29, 0.717) is 17.4 Å². The van der Waals surface area contributed by atoms with Gasteiger partial charge in [-0.05, 0) is 13.0 Å². The summed E-state index contributed by atoms with van der Waals surface area (Å²) in [5.74, 6) is -0.595. The Bertz CT molecular complexity index is 721. The molecule has 0 bridgehead atoms. The number of nitrogens with one attached hydrogen (secondary N) is 1. The summed E-state index contributed by atoms with van der Waals surface area (Å²) >= 11 is 6.89. The first-order valence-electron chi connectivity index (χ1n) is 6.22. The third-order valence-corrected chi connectivity index (χ3v) is 4.17. The van der Waals surface area contributed by atoms with Crippen LogP contribution in [-0.2, 0) is 18.0 Å². The third kappa shape index (κ3) is 4.35. The van der Waals surface area contributed by atoms with Crippen LogP contribution >= 0.6 is 23.4 Å². The van der Waals surface area contributed by atoms with Crippen molar-refractivity contribution in [2.75, 3.05) is 5.32 Å². The molecule has 6 nitrogen and oxygen atoms in total. The first-order valence-corrected chi connectivity index (χ1v) is 7.48. The average molecular weight is 366 g/mol. The largest absolute Gasteiger partial charge is 0.417 e. The molecule has 2 aromatic heterocycles. The molecule has 0 saturated heterocycles. The normalized spacial score (nSPS) is 13.0. The van der Waals surface area contributed by atoms with Crippen LogP contribution in [0.1, 0.15) is 12.5 Å². The van der Waals surface area contributed by atoms with Crippen molar-refractivity contribution >= 4 is 35.1 Å². The smallest absolute Gasteiger partial charge is 0.312 e. The van der Waals surface area contributed by atoms with Crippen molar-refractivity contribution in [3.05, 3.63) is 29.2 Å². The summed E-state index contributed by atoms with van der Waals surface area (Å²) in [5, 5.41) is 9.58. The number of anilines is 1. The van der Waals surface area contributed by atoms with Gasteiger partial charge in [-0.3, -0.25) is 4.79 Å². The molecular weight excluding hydrogens is 355 g/mol. The van der Waals surface area contributed by atoms with Gasteiger partial charge >= 0.3 is 6.18 Å². The maximum Gasteiger partial charge on any atom is 0.417 e. The minimum Gasteiger partial charge on any atom is -0.312 e. The van der Waals surface area contributed by atoms with Crippen molar-refractivity contribution in [2.45, 2.75) is 23.5 Å². The Balaban J connectivity index is 2.06. The number of nitrogens with zero attached hydrogens (tertiary/aromatic N) is 4. The van der Waals surface area contributed by atoms with Gasteiger partial charge in [0.2, 0.25) is 5.91 Å². The zero-order valence-electron chi connectivity index (χ0n) is 11.9. The van der Waals surface area contributed by atoms with Gasteiger partial charge in [-0.2, -0.15) is 13.2 Å². The monoisotopic (exact) mass is 365 g/mol. The highest BCUT2D eigenvalue weighted by Crippen LogP contribution is 2.32. The Kier molecular flexibility index (Phi) is 5.15. The lowest BCUT2D eigenvalue weighted by atomic mass is 10.2. The lowest BCUT2D eigenvalue weighted by molar-refractivity contribution is -0.137. The molecule has 0 aromatic carbocycles. The van der Waals surface area contributed by atoms with Gasteiger partial charge in [0, 0.05) is 13.2 Å². The summed E-state index contributed by atoms with van der Waals surface area (Å²) < 4.78 is 39.2. The van der Waals surface area contributed by atoms with Gasteiger partial charge in [-0.1, -0.05) is 23.4 Å². The number of alkyl halides is 3. The number of hydrogen-bond donors (Lipinski definition) is 1. The molecule has 0 spiro atoms.